The van der Waals surface area contributed by atoms with Gasteiger partial charge in [-0.1, -0.05) is 54.1 Å². The number of carbonyl (C=O) groups is 2. The van der Waals surface area contributed by atoms with E-state index in [9.17, 15) is 14.7 Å². The highest BCUT2D eigenvalue weighted by Gasteiger charge is 2.46. The molecule has 174 valence electrons. The molecule has 1 saturated heterocycles. The van der Waals surface area contributed by atoms with Gasteiger partial charge in [-0.2, -0.15) is 0 Å². The number of rotatable bonds is 7. The maximum absolute atomic E-state index is 13.3. The molecule has 6 nitrogen and oxygen atoms in total. The quantitative estimate of drug-likeness (QED) is 0.306. The predicted octanol–water partition coefficient (Wildman–Crippen LogP) is 5.02. The molecule has 0 saturated carbocycles. The average Bonchev–Trinajstić information content (AvgIpc) is 3.10. The molecule has 0 spiro atoms. The van der Waals surface area contributed by atoms with Crippen LogP contribution in [-0.2, 0) is 16.1 Å². The number of aliphatic hydroxyl groups excluding tert-OH is 1. The largest absolute Gasteiger partial charge is 0.507 e. The lowest BCUT2D eigenvalue weighted by Crippen LogP contribution is -2.29. The van der Waals surface area contributed by atoms with Gasteiger partial charge in [0.25, 0.3) is 11.7 Å². The number of Topliss-reactive ketones (excluding diaryl/α,β-unsaturated/α-hetero) is 1. The number of ether oxygens (including phenoxy) is 2. The topological polar surface area (TPSA) is 76.1 Å². The number of hydrogen-bond acceptors (Lipinski definition) is 5. The first-order valence-corrected chi connectivity index (χ1v) is 11.1. The fourth-order valence-corrected chi connectivity index (χ4v) is 4.23. The van der Waals surface area contributed by atoms with E-state index in [1.54, 1.807) is 12.1 Å². The van der Waals surface area contributed by atoms with Gasteiger partial charge in [0.2, 0.25) is 0 Å². The monoisotopic (exact) mass is 457 g/mol. The molecule has 6 heteroatoms. The van der Waals surface area contributed by atoms with Crippen molar-refractivity contribution >= 4 is 17.4 Å². The van der Waals surface area contributed by atoms with E-state index in [0.717, 1.165) is 22.4 Å². The summed E-state index contributed by atoms with van der Waals surface area (Å²) in [5, 5.41) is 11.3. The summed E-state index contributed by atoms with van der Waals surface area (Å²) >= 11 is 0. The van der Waals surface area contributed by atoms with Crippen molar-refractivity contribution in [1.29, 1.82) is 0 Å². The Morgan fingerprint density at radius 3 is 2.35 bits per heavy atom. The van der Waals surface area contributed by atoms with E-state index in [2.05, 4.69) is 0 Å². The second-order valence-electron chi connectivity index (χ2n) is 8.12. The highest BCUT2D eigenvalue weighted by atomic mass is 16.5. The van der Waals surface area contributed by atoms with Crippen molar-refractivity contribution in [2.24, 2.45) is 0 Å². The van der Waals surface area contributed by atoms with Gasteiger partial charge in [-0.05, 0) is 49.2 Å². The van der Waals surface area contributed by atoms with E-state index in [1.807, 2.05) is 74.5 Å². The lowest BCUT2D eigenvalue weighted by Gasteiger charge is -2.25. The van der Waals surface area contributed by atoms with Crippen LogP contribution in [0.4, 0.5) is 0 Å². The summed E-state index contributed by atoms with van der Waals surface area (Å²) in [6.45, 7) is 4.56. The summed E-state index contributed by atoms with van der Waals surface area (Å²) in [5.41, 5.74) is 2.90. The molecule has 1 N–H and O–H groups in total. The van der Waals surface area contributed by atoms with Gasteiger partial charge in [-0.3, -0.25) is 9.59 Å². The summed E-state index contributed by atoms with van der Waals surface area (Å²) in [7, 11) is 1.50. The minimum Gasteiger partial charge on any atom is -0.507 e. The van der Waals surface area contributed by atoms with E-state index in [1.165, 1.54) is 12.0 Å². The predicted molar refractivity (Wildman–Crippen MR) is 130 cm³/mol. The Morgan fingerprint density at radius 2 is 1.71 bits per heavy atom. The number of carbonyl (C=O) groups excluding carboxylic acids is 2. The van der Waals surface area contributed by atoms with Crippen LogP contribution < -0.4 is 9.47 Å². The van der Waals surface area contributed by atoms with Crippen LogP contribution in [0, 0.1) is 6.92 Å². The van der Waals surface area contributed by atoms with Crippen LogP contribution in [0.25, 0.3) is 5.76 Å². The molecule has 1 unspecified atom stereocenters. The van der Waals surface area contributed by atoms with Crippen LogP contribution in [0.2, 0.25) is 0 Å². The molecule has 4 rings (SSSR count). The number of aliphatic hydroxyl groups is 1. The first kappa shape index (κ1) is 23.1. The van der Waals surface area contributed by atoms with E-state index >= 15 is 0 Å². The van der Waals surface area contributed by atoms with E-state index in [-0.39, 0.29) is 17.9 Å². The highest BCUT2D eigenvalue weighted by Crippen LogP contribution is 2.41. The van der Waals surface area contributed by atoms with Crippen molar-refractivity contribution < 1.29 is 24.2 Å². The Morgan fingerprint density at radius 1 is 1.00 bits per heavy atom. The van der Waals surface area contributed by atoms with Gasteiger partial charge >= 0.3 is 0 Å². The Bertz CT molecular complexity index is 1230. The normalized spacial score (nSPS) is 17.1. The molecule has 3 aromatic carbocycles. The maximum atomic E-state index is 13.3. The second-order valence-corrected chi connectivity index (χ2v) is 8.12. The minimum absolute atomic E-state index is 0.0473. The molecular weight excluding hydrogens is 430 g/mol. The minimum atomic E-state index is -0.738. The zero-order valence-corrected chi connectivity index (χ0v) is 19.4. The zero-order valence-electron chi connectivity index (χ0n) is 19.4. The third-order valence-electron chi connectivity index (χ3n) is 5.85. The SMILES string of the molecule is CCOc1ccc(CN2C(=O)C(=O)/C(=C(/O)c3cc(C)ccc3OC)C2c2ccccc2)cc1. The third kappa shape index (κ3) is 4.39. The number of benzene rings is 3. The van der Waals surface area contributed by atoms with Crippen LogP contribution >= 0.6 is 0 Å². The first-order chi connectivity index (χ1) is 16.4. The Labute approximate surface area is 199 Å². The summed E-state index contributed by atoms with van der Waals surface area (Å²) < 4.78 is 10.9. The van der Waals surface area contributed by atoms with Crippen molar-refractivity contribution in [3.8, 4) is 11.5 Å². The van der Waals surface area contributed by atoms with Crippen LogP contribution in [-0.4, -0.2) is 35.4 Å². The molecule has 34 heavy (non-hydrogen) atoms. The van der Waals surface area contributed by atoms with Gasteiger partial charge in [-0.25, -0.2) is 0 Å². The standard InChI is InChI=1S/C28H27NO5/c1-4-34-21-13-11-19(12-14-21)17-29-25(20-8-6-5-7-9-20)24(27(31)28(29)32)26(30)22-16-18(2)10-15-23(22)33-3/h5-16,25,30H,4,17H2,1-3H3/b26-24+. The molecule has 0 aromatic heterocycles. The molecular formula is C28H27NO5. The van der Waals surface area contributed by atoms with Crippen LogP contribution in [0.5, 0.6) is 11.5 Å². The molecule has 1 atom stereocenters. The fourth-order valence-electron chi connectivity index (χ4n) is 4.23. The molecule has 1 fully saturated rings. The Hall–Kier alpha value is -4.06. The van der Waals surface area contributed by atoms with E-state index in [0.29, 0.717) is 17.9 Å². The number of aryl methyl sites for hydroxylation is 1. The summed E-state index contributed by atoms with van der Waals surface area (Å²) in [5.74, 6) is -0.467. The van der Waals surface area contributed by atoms with Gasteiger partial charge in [0, 0.05) is 6.54 Å². The number of hydrogen-bond donors (Lipinski definition) is 1. The van der Waals surface area contributed by atoms with Crippen LogP contribution in [0.3, 0.4) is 0 Å². The molecule has 1 amide bonds. The second kappa shape index (κ2) is 9.83. The highest BCUT2D eigenvalue weighted by molar-refractivity contribution is 6.46. The van der Waals surface area contributed by atoms with Gasteiger partial charge in [0.15, 0.2) is 0 Å². The van der Waals surface area contributed by atoms with Crippen molar-refractivity contribution in [2.75, 3.05) is 13.7 Å². The van der Waals surface area contributed by atoms with Crippen molar-refractivity contribution in [2.45, 2.75) is 26.4 Å². The Kier molecular flexibility index (Phi) is 6.68. The lowest BCUT2D eigenvalue weighted by molar-refractivity contribution is -0.140. The van der Waals surface area contributed by atoms with Crippen molar-refractivity contribution in [1.82, 2.24) is 4.90 Å². The molecule has 1 aliphatic rings. The molecule has 1 heterocycles. The molecule has 1 aliphatic heterocycles. The number of methoxy groups -OCH3 is 1. The summed E-state index contributed by atoms with van der Waals surface area (Å²) in [6.07, 6.45) is 0. The van der Waals surface area contributed by atoms with Gasteiger partial charge in [-0.15, -0.1) is 0 Å². The van der Waals surface area contributed by atoms with E-state index in [4.69, 9.17) is 9.47 Å². The molecule has 3 aromatic rings. The average molecular weight is 458 g/mol. The van der Waals surface area contributed by atoms with Gasteiger partial charge in [0.05, 0.1) is 30.9 Å². The fraction of sp³-hybridized carbons (Fsp3) is 0.214. The molecule has 0 radical (unpaired) electrons. The number of amides is 1. The zero-order chi connectivity index (χ0) is 24.2. The number of likely N-dealkylation sites (tertiary alicyclic amines) is 1. The smallest absolute Gasteiger partial charge is 0.295 e. The van der Waals surface area contributed by atoms with Crippen molar-refractivity contribution in [3.05, 3.63) is 101 Å². The Balaban J connectivity index is 1.82. The first-order valence-electron chi connectivity index (χ1n) is 11.1. The molecule has 0 aliphatic carbocycles. The molecule has 0 bridgehead atoms. The third-order valence-corrected chi connectivity index (χ3v) is 5.85. The van der Waals surface area contributed by atoms with Crippen molar-refractivity contribution in [3.63, 3.8) is 0 Å². The number of nitrogens with zero attached hydrogens (tertiary/aromatic N) is 1. The van der Waals surface area contributed by atoms with Crippen LogP contribution in [0.1, 0.15) is 35.2 Å². The van der Waals surface area contributed by atoms with Gasteiger partial charge in [0.1, 0.15) is 17.3 Å². The number of ketones is 1. The van der Waals surface area contributed by atoms with E-state index < -0.39 is 17.7 Å². The maximum Gasteiger partial charge on any atom is 0.295 e. The lowest BCUT2D eigenvalue weighted by atomic mass is 9.94. The summed E-state index contributed by atoms with van der Waals surface area (Å²) in [6, 6.07) is 21.3. The summed E-state index contributed by atoms with van der Waals surface area (Å²) in [4.78, 5) is 28.0. The van der Waals surface area contributed by atoms with Crippen LogP contribution in [0.15, 0.2) is 78.4 Å². The van der Waals surface area contributed by atoms with Gasteiger partial charge < -0.3 is 19.5 Å².